The Morgan fingerprint density at radius 1 is 0.889 bits per heavy atom. The van der Waals surface area contributed by atoms with E-state index in [1.54, 1.807) is 0 Å². The van der Waals surface area contributed by atoms with Gasteiger partial charge in [0.2, 0.25) is 0 Å². The summed E-state index contributed by atoms with van der Waals surface area (Å²) in [6.07, 6.45) is 0. The van der Waals surface area contributed by atoms with Gasteiger partial charge in [0, 0.05) is 21.7 Å². The van der Waals surface area contributed by atoms with Crippen LogP contribution in [0.15, 0.2) is 0 Å². The van der Waals surface area contributed by atoms with Crippen LogP contribution in [0.1, 0.15) is 43.0 Å². The molecule has 1 aromatic carbocycles. The Bertz CT molecular complexity index is 385. The quantitative estimate of drug-likeness (QED) is 0.719. The van der Waals surface area contributed by atoms with Crippen molar-refractivity contribution in [3.63, 3.8) is 0 Å². The molecule has 0 saturated heterocycles. The first kappa shape index (κ1) is 23.6. The minimum Gasteiger partial charge on any atom is -0.508 e. The summed E-state index contributed by atoms with van der Waals surface area (Å²) < 4.78 is 0. The molecule has 0 aliphatic carbocycles. The summed E-state index contributed by atoms with van der Waals surface area (Å²) in [4.78, 5) is 0. The van der Waals surface area contributed by atoms with Gasteiger partial charge in [0.05, 0.1) is 10.2 Å². The summed E-state index contributed by atoms with van der Waals surface area (Å²) in [7, 11) is 3.56. The van der Waals surface area contributed by atoms with E-state index in [-0.39, 0.29) is 51.9 Å². The zero-order valence-electron chi connectivity index (χ0n) is 11.8. The van der Waals surface area contributed by atoms with Crippen LogP contribution in [0.3, 0.4) is 0 Å². The summed E-state index contributed by atoms with van der Waals surface area (Å²) in [5, 5.41) is 10.8. The Morgan fingerprint density at radius 3 is 1.61 bits per heavy atom. The van der Waals surface area contributed by atoms with Crippen LogP contribution in [0.2, 0.25) is 0 Å². The molecule has 0 atom stereocenters. The molecule has 0 aromatic heterocycles. The largest absolute Gasteiger partial charge is 0.508 e. The molecule has 0 aliphatic rings. The van der Waals surface area contributed by atoms with Crippen LogP contribution < -0.4 is 5.19 Å². The third kappa shape index (κ3) is 4.28. The number of halogens is 2. The molecule has 0 aliphatic heterocycles. The molecule has 1 rings (SSSR count). The van der Waals surface area contributed by atoms with Crippen molar-refractivity contribution in [1.82, 2.24) is 0 Å². The second kappa shape index (κ2) is 7.96. The number of benzene rings is 1. The third-order valence-corrected chi connectivity index (χ3v) is 3.58. The standard InChI is InChI=1S/C13H19OSi.2ClH.Ti/c1-7-8(2)10(13(4,5)6)12(15)11(14)9(7)3;;;/h14H,1-6H3;2*1H;. The van der Waals surface area contributed by atoms with E-state index in [1.807, 2.05) is 6.92 Å². The Hall–Kier alpha value is 0.531. The first-order valence-corrected chi connectivity index (χ1v) is 5.72. The van der Waals surface area contributed by atoms with Crippen molar-refractivity contribution in [3.8, 4) is 5.75 Å². The van der Waals surface area contributed by atoms with Crippen LogP contribution in [0, 0.1) is 20.8 Å². The second-order valence-corrected chi connectivity index (χ2v) is 5.72. The van der Waals surface area contributed by atoms with Gasteiger partial charge in [0.1, 0.15) is 5.75 Å². The first-order valence-electron chi connectivity index (χ1n) is 5.22. The van der Waals surface area contributed by atoms with E-state index in [4.69, 9.17) is 0 Å². The molecule has 1 N–H and O–H groups in total. The Labute approximate surface area is 141 Å². The molecule has 0 unspecified atom stereocenters. The first-order chi connectivity index (χ1) is 6.68. The van der Waals surface area contributed by atoms with E-state index < -0.39 is 0 Å². The third-order valence-electron chi connectivity index (χ3n) is 3.09. The van der Waals surface area contributed by atoms with Crippen molar-refractivity contribution in [2.24, 2.45) is 0 Å². The SMILES string of the molecule is Cc1c(C)c(O)c([Si])c(C(C)(C)C)c1C.Cl.Cl.[Ti]. The smallest absolute Gasteiger partial charge is 0.117 e. The number of phenols is 1. The molecule has 0 heterocycles. The van der Waals surface area contributed by atoms with Crippen LogP contribution in [0.4, 0.5) is 0 Å². The molecule has 0 amide bonds. The molecule has 5 heteroatoms. The summed E-state index contributed by atoms with van der Waals surface area (Å²) >= 11 is 0. The van der Waals surface area contributed by atoms with Gasteiger partial charge in [-0.25, -0.2) is 0 Å². The van der Waals surface area contributed by atoms with Crippen molar-refractivity contribution < 1.29 is 26.8 Å². The summed E-state index contributed by atoms with van der Waals surface area (Å²) in [5.41, 5.74) is 4.64. The molecular formula is C13H21Cl2OSiTi. The fourth-order valence-corrected chi connectivity index (χ4v) is 2.83. The van der Waals surface area contributed by atoms with Crippen LogP contribution in [0.25, 0.3) is 0 Å². The van der Waals surface area contributed by atoms with Crippen molar-refractivity contribution in [3.05, 3.63) is 22.3 Å². The number of hydrogen-bond donors (Lipinski definition) is 1. The zero-order valence-corrected chi connectivity index (χ0v) is 16.0. The average molecular weight is 340 g/mol. The van der Waals surface area contributed by atoms with Crippen LogP contribution in [-0.4, -0.2) is 15.3 Å². The van der Waals surface area contributed by atoms with E-state index in [0.29, 0.717) is 5.75 Å². The maximum Gasteiger partial charge on any atom is 0.117 e. The molecule has 0 bridgehead atoms. The van der Waals surface area contributed by atoms with Gasteiger partial charge in [0.15, 0.2) is 0 Å². The predicted octanol–water partition coefficient (Wildman–Crippen LogP) is 3.25. The maximum atomic E-state index is 10.0. The molecule has 0 spiro atoms. The molecular weight excluding hydrogens is 319 g/mol. The van der Waals surface area contributed by atoms with E-state index >= 15 is 0 Å². The number of rotatable bonds is 0. The van der Waals surface area contributed by atoms with Crippen molar-refractivity contribution >= 4 is 40.2 Å². The van der Waals surface area contributed by atoms with Gasteiger partial charge in [-0.1, -0.05) is 20.8 Å². The topological polar surface area (TPSA) is 20.2 Å². The van der Waals surface area contributed by atoms with E-state index in [1.165, 1.54) is 16.7 Å². The Balaban J connectivity index is -0.000000750. The molecule has 0 saturated carbocycles. The van der Waals surface area contributed by atoms with E-state index in [0.717, 1.165) is 10.8 Å². The minimum absolute atomic E-state index is 0. The predicted molar refractivity (Wildman–Crippen MR) is 80.9 cm³/mol. The van der Waals surface area contributed by atoms with Crippen LogP contribution in [-0.2, 0) is 27.1 Å². The molecule has 3 radical (unpaired) electrons. The molecule has 101 valence electrons. The number of hydrogen-bond acceptors (Lipinski definition) is 1. The fraction of sp³-hybridized carbons (Fsp3) is 0.538. The Kier molecular flexibility index (Phi) is 10.4. The van der Waals surface area contributed by atoms with Gasteiger partial charge in [-0.3, -0.25) is 0 Å². The molecule has 0 fully saturated rings. The van der Waals surface area contributed by atoms with Crippen molar-refractivity contribution in [2.75, 3.05) is 0 Å². The summed E-state index contributed by atoms with van der Waals surface area (Å²) in [6.45, 7) is 12.6. The van der Waals surface area contributed by atoms with Crippen molar-refractivity contribution in [2.45, 2.75) is 47.0 Å². The van der Waals surface area contributed by atoms with Gasteiger partial charge < -0.3 is 5.11 Å². The van der Waals surface area contributed by atoms with Gasteiger partial charge >= 0.3 is 0 Å². The normalized spacial score (nSPS) is 9.94. The maximum absolute atomic E-state index is 10.0. The van der Waals surface area contributed by atoms with E-state index in [9.17, 15) is 5.11 Å². The molecule has 1 nitrogen and oxygen atoms in total. The molecule has 1 aromatic rings. The van der Waals surface area contributed by atoms with E-state index in [2.05, 4.69) is 44.9 Å². The van der Waals surface area contributed by atoms with Crippen molar-refractivity contribution in [1.29, 1.82) is 0 Å². The second-order valence-electron chi connectivity index (χ2n) is 5.22. The van der Waals surface area contributed by atoms with Crippen LogP contribution in [0.5, 0.6) is 5.75 Å². The molecule has 18 heavy (non-hydrogen) atoms. The van der Waals surface area contributed by atoms with Gasteiger partial charge in [0.25, 0.3) is 0 Å². The fourth-order valence-electron chi connectivity index (χ4n) is 2.08. The summed E-state index contributed by atoms with van der Waals surface area (Å²) in [5.74, 6) is 0.375. The number of aromatic hydroxyl groups is 1. The zero-order chi connectivity index (χ0) is 12.0. The number of phenolic OH excluding ortho intramolecular Hbond substituents is 1. The van der Waals surface area contributed by atoms with Gasteiger partial charge in [-0.15, -0.1) is 24.8 Å². The Morgan fingerprint density at radius 2 is 1.28 bits per heavy atom. The monoisotopic (exact) mass is 339 g/mol. The van der Waals surface area contributed by atoms with Gasteiger partial charge in [-0.05, 0) is 53.6 Å². The minimum atomic E-state index is 0. The van der Waals surface area contributed by atoms with Gasteiger partial charge in [-0.2, -0.15) is 0 Å². The van der Waals surface area contributed by atoms with Crippen LogP contribution >= 0.6 is 24.8 Å². The summed E-state index contributed by atoms with van der Waals surface area (Å²) in [6, 6.07) is 0. The average Bonchev–Trinajstić information content (AvgIpc) is 2.09.